The molecule has 25 heavy (non-hydrogen) atoms. The van der Waals surface area contributed by atoms with Crippen LogP contribution in [0.1, 0.15) is 50.7 Å². The first kappa shape index (κ1) is 18.1. The number of hydrogen-bond acceptors (Lipinski definition) is 3. The van der Waals surface area contributed by atoms with Gasteiger partial charge in [-0.1, -0.05) is 57.0 Å². The number of thioether (sulfide) groups is 1. The average Bonchev–Trinajstić information content (AvgIpc) is 2.84. The molecule has 0 saturated carbocycles. The van der Waals surface area contributed by atoms with Crippen molar-refractivity contribution in [3.8, 4) is 5.75 Å². The highest BCUT2D eigenvalue weighted by Crippen LogP contribution is 2.39. The van der Waals surface area contributed by atoms with E-state index in [0.29, 0.717) is 0 Å². The van der Waals surface area contributed by atoms with Gasteiger partial charge >= 0.3 is 0 Å². The van der Waals surface area contributed by atoms with E-state index in [1.807, 2.05) is 11.8 Å². The van der Waals surface area contributed by atoms with E-state index in [1.165, 1.54) is 28.9 Å². The van der Waals surface area contributed by atoms with Crippen LogP contribution in [0.2, 0.25) is 0 Å². The Bertz CT molecular complexity index is 741. The van der Waals surface area contributed by atoms with Gasteiger partial charge in [0, 0.05) is 21.8 Å². The maximum atomic E-state index is 5.48. The van der Waals surface area contributed by atoms with Crippen LogP contribution in [0.4, 0.5) is 0 Å². The fraction of sp³-hybridized carbons (Fsp3) is 0.409. The Morgan fingerprint density at radius 1 is 1.12 bits per heavy atom. The smallest absolute Gasteiger partial charge is 0.119 e. The van der Waals surface area contributed by atoms with Gasteiger partial charge in [-0.3, -0.25) is 4.99 Å². The highest BCUT2D eigenvalue weighted by atomic mass is 32.2. The fourth-order valence-electron chi connectivity index (χ4n) is 3.30. The number of benzene rings is 2. The van der Waals surface area contributed by atoms with Crippen molar-refractivity contribution in [3.05, 3.63) is 59.7 Å². The van der Waals surface area contributed by atoms with Crippen LogP contribution in [0.25, 0.3) is 0 Å². The van der Waals surface area contributed by atoms with Crippen molar-refractivity contribution in [2.45, 2.75) is 50.0 Å². The van der Waals surface area contributed by atoms with Crippen molar-refractivity contribution >= 4 is 17.5 Å². The van der Waals surface area contributed by atoms with E-state index in [2.05, 4.69) is 62.4 Å². The Morgan fingerprint density at radius 3 is 2.60 bits per heavy atom. The van der Waals surface area contributed by atoms with Gasteiger partial charge in [-0.05, 0) is 31.0 Å². The third-order valence-electron chi connectivity index (χ3n) is 4.99. The molecule has 2 aromatic carbocycles. The number of rotatable bonds is 6. The van der Waals surface area contributed by atoms with E-state index < -0.39 is 0 Å². The molecule has 2 aromatic rings. The van der Waals surface area contributed by atoms with Crippen LogP contribution >= 0.6 is 11.8 Å². The first-order valence-electron chi connectivity index (χ1n) is 9.18. The molecule has 0 aliphatic carbocycles. The molecule has 0 bridgehead atoms. The van der Waals surface area contributed by atoms with Gasteiger partial charge in [0.05, 0.1) is 18.4 Å². The second kappa shape index (κ2) is 8.09. The zero-order valence-electron chi connectivity index (χ0n) is 15.4. The second-order valence-corrected chi connectivity index (χ2v) is 7.68. The van der Waals surface area contributed by atoms with E-state index in [1.54, 1.807) is 7.11 Å². The van der Waals surface area contributed by atoms with Crippen LogP contribution in [-0.2, 0) is 0 Å². The monoisotopic (exact) mass is 353 g/mol. The average molecular weight is 354 g/mol. The molecule has 0 spiro atoms. The largest absolute Gasteiger partial charge is 0.497 e. The molecule has 0 N–H and O–H groups in total. The first-order chi connectivity index (χ1) is 12.2. The van der Waals surface area contributed by atoms with Crippen LogP contribution in [-0.4, -0.2) is 24.1 Å². The van der Waals surface area contributed by atoms with E-state index in [9.17, 15) is 0 Å². The number of fused-ring (bicyclic) bond motifs is 1. The van der Waals surface area contributed by atoms with Crippen molar-refractivity contribution < 1.29 is 4.74 Å². The van der Waals surface area contributed by atoms with Crippen LogP contribution in [0.3, 0.4) is 0 Å². The number of hydrogen-bond donors (Lipinski definition) is 0. The summed E-state index contributed by atoms with van der Waals surface area (Å²) in [5.74, 6) is 1.93. The lowest BCUT2D eigenvalue weighted by atomic mass is 9.91. The number of aliphatic imine (C=N–C) groups is 1. The van der Waals surface area contributed by atoms with Gasteiger partial charge < -0.3 is 4.74 Å². The molecule has 1 heterocycles. The minimum absolute atomic E-state index is 0.0120. The first-order valence-corrected chi connectivity index (χ1v) is 10.2. The maximum Gasteiger partial charge on any atom is 0.119 e. The van der Waals surface area contributed by atoms with Crippen LogP contribution < -0.4 is 4.74 Å². The predicted octanol–water partition coefficient (Wildman–Crippen LogP) is 5.98. The molecule has 0 aromatic heterocycles. The third-order valence-corrected chi connectivity index (χ3v) is 6.34. The quantitative estimate of drug-likeness (QED) is 0.637. The summed E-state index contributed by atoms with van der Waals surface area (Å²) >= 11 is 1.94. The van der Waals surface area contributed by atoms with Gasteiger partial charge in [0.1, 0.15) is 5.75 Å². The Morgan fingerprint density at radius 2 is 1.92 bits per heavy atom. The highest BCUT2D eigenvalue weighted by Gasteiger charge is 2.32. The van der Waals surface area contributed by atoms with Gasteiger partial charge in [0.15, 0.2) is 0 Å². The van der Waals surface area contributed by atoms with Crippen molar-refractivity contribution in [1.29, 1.82) is 0 Å². The summed E-state index contributed by atoms with van der Waals surface area (Å²) in [7, 11) is 1.72. The van der Waals surface area contributed by atoms with Gasteiger partial charge in [0.2, 0.25) is 0 Å². The molecule has 0 fully saturated rings. The molecule has 3 heteroatoms. The van der Waals surface area contributed by atoms with Crippen LogP contribution in [0.5, 0.6) is 5.75 Å². The molecule has 3 rings (SSSR count). The SMILES string of the molecule is CCCC[C@]1(CC)CSc2ccc(OC)cc2C(c2ccccc2)=N1. The Hall–Kier alpha value is -1.74. The van der Waals surface area contributed by atoms with Crippen molar-refractivity contribution in [2.24, 2.45) is 4.99 Å². The molecule has 0 saturated heterocycles. The molecule has 1 atom stereocenters. The minimum atomic E-state index is 0.0120. The summed E-state index contributed by atoms with van der Waals surface area (Å²) in [5, 5.41) is 0. The lowest BCUT2D eigenvalue weighted by Crippen LogP contribution is -2.29. The Balaban J connectivity index is 2.16. The Kier molecular flexibility index (Phi) is 5.85. The summed E-state index contributed by atoms with van der Waals surface area (Å²) in [6.45, 7) is 4.54. The van der Waals surface area contributed by atoms with Gasteiger partial charge in [-0.25, -0.2) is 0 Å². The zero-order valence-corrected chi connectivity index (χ0v) is 16.2. The zero-order chi connectivity index (χ0) is 17.7. The lowest BCUT2D eigenvalue weighted by molar-refractivity contribution is 0.414. The molecular formula is C22H27NOS. The molecule has 0 unspecified atom stereocenters. The molecular weight excluding hydrogens is 326 g/mol. The molecule has 0 radical (unpaired) electrons. The van der Waals surface area contributed by atoms with Gasteiger partial charge in [0.25, 0.3) is 0 Å². The lowest BCUT2D eigenvalue weighted by Gasteiger charge is -2.28. The van der Waals surface area contributed by atoms with Crippen molar-refractivity contribution in [3.63, 3.8) is 0 Å². The van der Waals surface area contributed by atoms with Crippen LogP contribution in [0, 0.1) is 0 Å². The van der Waals surface area contributed by atoms with Crippen molar-refractivity contribution in [2.75, 3.05) is 12.9 Å². The minimum Gasteiger partial charge on any atom is -0.497 e. The summed E-state index contributed by atoms with van der Waals surface area (Å²) in [6, 6.07) is 17.0. The van der Waals surface area contributed by atoms with Gasteiger partial charge in [-0.2, -0.15) is 0 Å². The van der Waals surface area contributed by atoms with E-state index in [0.717, 1.165) is 30.1 Å². The molecule has 132 valence electrons. The number of nitrogens with zero attached hydrogens (tertiary/aromatic N) is 1. The molecule has 0 amide bonds. The van der Waals surface area contributed by atoms with Gasteiger partial charge in [-0.15, -0.1) is 11.8 Å². The van der Waals surface area contributed by atoms with Crippen LogP contribution in [0.15, 0.2) is 58.4 Å². The number of unbranched alkanes of at least 4 members (excludes halogenated alkanes) is 1. The van der Waals surface area contributed by atoms with E-state index in [-0.39, 0.29) is 5.54 Å². The molecule has 2 nitrogen and oxygen atoms in total. The fourth-order valence-corrected chi connectivity index (χ4v) is 4.61. The second-order valence-electron chi connectivity index (χ2n) is 6.66. The molecule has 1 aliphatic rings. The summed E-state index contributed by atoms with van der Waals surface area (Å²) in [5.41, 5.74) is 3.51. The summed E-state index contributed by atoms with van der Waals surface area (Å²) in [6.07, 6.45) is 4.65. The van der Waals surface area contributed by atoms with E-state index in [4.69, 9.17) is 9.73 Å². The highest BCUT2D eigenvalue weighted by molar-refractivity contribution is 7.99. The third kappa shape index (κ3) is 3.92. The topological polar surface area (TPSA) is 21.6 Å². The summed E-state index contributed by atoms with van der Waals surface area (Å²) < 4.78 is 5.48. The van der Waals surface area contributed by atoms with E-state index >= 15 is 0 Å². The number of ether oxygens (including phenoxy) is 1. The molecule has 1 aliphatic heterocycles. The predicted molar refractivity (Wildman–Crippen MR) is 108 cm³/mol. The normalized spacial score (nSPS) is 19.7. The maximum absolute atomic E-state index is 5.48. The standard InChI is InChI=1S/C22H27NOS/c1-4-6-14-22(5-2)16-25-20-13-12-18(24-3)15-19(20)21(23-22)17-10-8-7-9-11-17/h7-13,15H,4-6,14,16H2,1-3H3/t22-/m1/s1. The number of methoxy groups -OCH3 is 1. The summed E-state index contributed by atoms with van der Waals surface area (Å²) in [4.78, 5) is 6.69. The van der Waals surface area contributed by atoms with Crippen molar-refractivity contribution in [1.82, 2.24) is 0 Å². The Labute approximate surface area is 155 Å².